The highest BCUT2D eigenvalue weighted by Crippen LogP contribution is 2.32. The second-order valence-corrected chi connectivity index (χ2v) is 5.67. The van der Waals surface area contributed by atoms with Gasteiger partial charge in [-0.3, -0.25) is 4.18 Å². The summed E-state index contributed by atoms with van der Waals surface area (Å²) < 4.78 is 63.0. The van der Waals surface area contributed by atoms with E-state index >= 15 is 0 Å². The molecule has 98 valence electrons. The molecule has 0 bridgehead atoms. The van der Waals surface area contributed by atoms with Gasteiger partial charge in [0.25, 0.3) is 10.1 Å². The fourth-order valence-corrected chi connectivity index (χ4v) is 2.61. The molecule has 1 aliphatic carbocycles. The van der Waals surface area contributed by atoms with Gasteiger partial charge in [-0.25, -0.2) is 0 Å². The van der Waals surface area contributed by atoms with Crippen LogP contribution in [0.3, 0.4) is 0 Å². The second-order valence-electron chi connectivity index (χ2n) is 4.09. The highest BCUT2D eigenvalue weighted by molar-refractivity contribution is 7.86. The monoisotopic (exact) mass is 270 g/mol. The van der Waals surface area contributed by atoms with Gasteiger partial charge in [-0.1, -0.05) is 12.3 Å². The fourth-order valence-electron chi connectivity index (χ4n) is 1.83. The summed E-state index contributed by atoms with van der Waals surface area (Å²) in [5, 5.41) is 0. The largest absolute Gasteiger partial charge is 0.457 e. The minimum atomic E-state index is -4.63. The maximum Gasteiger partial charge on any atom is 0.457 e. The summed E-state index contributed by atoms with van der Waals surface area (Å²) in [6.07, 6.45) is -1.32. The molecular formula is C10H13F3O3S. The first-order valence-corrected chi connectivity index (χ1v) is 6.95. The van der Waals surface area contributed by atoms with Crippen molar-refractivity contribution in [2.75, 3.05) is 6.26 Å². The minimum Gasteiger partial charge on any atom is -0.250 e. The van der Waals surface area contributed by atoms with Gasteiger partial charge in [-0.15, -0.1) is 0 Å². The van der Waals surface area contributed by atoms with Crippen LogP contribution in [0.5, 0.6) is 0 Å². The zero-order valence-corrected chi connectivity index (χ0v) is 10.1. The Hall–Kier alpha value is -0.740. The zero-order valence-electron chi connectivity index (χ0n) is 9.30. The van der Waals surface area contributed by atoms with Crippen LogP contribution in [0, 0.1) is 11.8 Å². The molecule has 0 unspecified atom stereocenters. The van der Waals surface area contributed by atoms with E-state index in [4.69, 9.17) is 4.18 Å². The first-order valence-electron chi connectivity index (χ1n) is 5.14. The normalized spacial score (nSPS) is 20.5. The maximum atomic E-state index is 12.0. The van der Waals surface area contributed by atoms with E-state index in [1.54, 1.807) is 0 Å². The molecule has 7 heteroatoms. The first-order chi connectivity index (χ1) is 7.62. The number of hydrogen-bond acceptors (Lipinski definition) is 3. The highest BCUT2D eigenvalue weighted by Gasteiger charge is 2.36. The van der Waals surface area contributed by atoms with Crippen LogP contribution in [0.2, 0.25) is 0 Å². The molecule has 0 N–H and O–H groups in total. The van der Waals surface area contributed by atoms with Gasteiger partial charge < -0.3 is 0 Å². The predicted octanol–water partition coefficient (Wildman–Crippen LogP) is 2.23. The number of halogens is 3. The standard InChI is InChI=1S/C10H13F3O3S/c1-17(14,15)16-9(5-3-2-4-6-9)7-8-10(11,12)13/h2-6H2,1H3. The molecule has 1 saturated carbocycles. The van der Waals surface area contributed by atoms with Gasteiger partial charge in [0.05, 0.1) is 6.26 Å². The quantitative estimate of drug-likeness (QED) is 0.571. The van der Waals surface area contributed by atoms with Crippen molar-refractivity contribution >= 4 is 10.1 Å². The molecule has 0 spiro atoms. The lowest BCUT2D eigenvalue weighted by molar-refractivity contribution is -0.0704. The van der Waals surface area contributed by atoms with Gasteiger partial charge in [-0.05, 0) is 25.7 Å². The molecule has 0 heterocycles. The van der Waals surface area contributed by atoms with Crippen LogP contribution < -0.4 is 0 Å². The van der Waals surface area contributed by atoms with Crippen LogP contribution in [0.25, 0.3) is 0 Å². The molecule has 0 radical (unpaired) electrons. The zero-order chi connectivity index (χ0) is 13.2. The minimum absolute atomic E-state index is 0.211. The molecule has 0 atom stereocenters. The molecule has 1 fully saturated rings. The number of rotatable bonds is 2. The van der Waals surface area contributed by atoms with Gasteiger partial charge in [0.15, 0.2) is 0 Å². The molecule has 1 aliphatic rings. The molecular weight excluding hydrogens is 257 g/mol. The summed E-state index contributed by atoms with van der Waals surface area (Å²) >= 11 is 0. The molecule has 3 nitrogen and oxygen atoms in total. The first kappa shape index (κ1) is 14.3. The third kappa shape index (κ3) is 5.41. The summed E-state index contributed by atoms with van der Waals surface area (Å²) in [7, 11) is -3.82. The van der Waals surface area contributed by atoms with E-state index in [0.29, 0.717) is 12.8 Å². The Morgan fingerprint density at radius 2 is 1.71 bits per heavy atom. The summed E-state index contributed by atoms with van der Waals surface area (Å²) in [4.78, 5) is 0. The van der Waals surface area contributed by atoms with Crippen molar-refractivity contribution < 1.29 is 25.8 Å². The van der Waals surface area contributed by atoms with Crippen LogP contribution in [-0.4, -0.2) is 26.5 Å². The Bertz CT molecular complexity index is 422. The van der Waals surface area contributed by atoms with Crippen molar-refractivity contribution in [2.45, 2.75) is 43.9 Å². The number of hydrogen-bond donors (Lipinski definition) is 0. The van der Waals surface area contributed by atoms with E-state index in [0.717, 1.165) is 18.6 Å². The lowest BCUT2D eigenvalue weighted by atomic mass is 9.85. The maximum absolute atomic E-state index is 12.0. The Morgan fingerprint density at radius 3 is 2.12 bits per heavy atom. The number of alkyl halides is 3. The van der Waals surface area contributed by atoms with E-state index in [1.165, 1.54) is 0 Å². The van der Waals surface area contributed by atoms with Crippen LogP contribution in [0.1, 0.15) is 32.1 Å². The van der Waals surface area contributed by atoms with Crippen molar-refractivity contribution in [1.29, 1.82) is 0 Å². The molecule has 0 saturated heterocycles. The molecule has 17 heavy (non-hydrogen) atoms. The summed E-state index contributed by atoms with van der Waals surface area (Å²) in [6, 6.07) is 0. The average Bonchev–Trinajstić information content (AvgIpc) is 2.13. The van der Waals surface area contributed by atoms with Gasteiger partial charge in [0.2, 0.25) is 0 Å². The van der Waals surface area contributed by atoms with Crippen LogP contribution in [0.4, 0.5) is 13.2 Å². The fraction of sp³-hybridized carbons (Fsp3) is 0.800. The lowest BCUT2D eigenvalue weighted by Crippen LogP contribution is -2.36. The molecule has 0 amide bonds. The lowest BCUT2D eigenvalue weighted by Gasteiger charge is -2.30. The third-order valence-corrected chi connectivity index (χ3v) is 3.03. The van der Waals surface area contributed by atoms with E-state index in [9.17, 15) is 21.6 Å². The van der Waals surface area contributed by atoms with Gasteiger partial charge in [-0.2, -0.15) is 21.6 Å². The molecule has 0 aromatic rings. The Kier molecular flexibility index (Phi) is 4.10. The van der Waals surface area contributed by atoms with Crippen LogP contribution >= 0.6 is 0 Å². The van der Waals surface area contributed by atoms with E-state index < -0.39 is 21.9 Å². The van der Waals surface area contributed by atoms with Crippen molar-refractivity contribution in [2.24, 2.45) is 0 Å². The smallest absolute Gasteiger partial charge is 0.250 e. The second kappa shape index (κ2) is 4.86. The molecule has 0 aromatic heterocycles. The highest BCUT2D eigenvalue weighted by atomic mass is 32.2. The van der Waals surface area contributed by atoms with E-state index in [2.05, 4.69) is 0 Å². The predicted molar refractivity (Wildman–Crippen MR) is 55.6 cm³/mol. The van der Waals surface area contributed by atoms with Crippen molar-refractivity contribution in [1.82, 2.24) is 0 Å². The van der Waals surface area contributed by atoms with Crippen molar-refractivity contribution in [3.05, 3.63) is 0 Å². The summed E-state index contributed by atoms with van der Waals surface area (Å²) in [5.74, 6) is 3.07. The average molecular weight is 270 g/mol. The van der Waals surface area contributed by atoms with Gasteiger partial charge in [0.1, 0.15) is 5.60 Å². The van der Waals surface area contributed by atoms with E-state index in [-0.39, 0.29) is 12.8 Å². The van der Waals surface area contributed by atoms with Gasteiger partial charge >= 0.3 is 6.18 Å². The molecule has 0 aromatic carbocycles. The van der Waals surface area contributed by atoms with Crippen molar-refractivity contribution in [3.8, 4) is 11.8 Å². The SMILES string of the molecule is CS(=O)(=O)OC1(C#CC(F)(F)F)CCCCC1. The molecule has 0 aliphatic heterocycles. The Labute approximate surface area is 98.5 Å². The Balaban J connectivity index is 2.97. The van der Waals surface area contributed by atoms with E-state index in [1.807, 2.05) is 5.92 Å². The summed E-state index contributed by atoms with van der Waals surface area (Å²) in [6.45, 7) is 0. The summed E-state index contributed by atoms with van der Waals surface area (Å²) in [5.41, 5.74) is -1.50. The topological polar surface area (TPSA) is 43.4 Å². The molecule has 1 rings (SSSR count). The Morgan fingerprint density at radius 1 is 1.18 bits per heavy atom. The van der Waals surface area contributed by atoms with Crippen LogP contribution in [-0.2, 0) is 14.3 Å². The van der Waals surface area contributed by atoms with Crippen molar-refractivity contribution in [3.63, 3.8) is 0 Å². The van der Waals surface area contributed by atoms with Gasteiger partial charge in [0, 0.05) is 5.92 Å². The van der Waals surface area contributed by atoms with Crippen LogP contribution in [0.15, 0.2) is 0 Å². The third-order valence-electron chi connectivity index (χ3n) is 2.40.